The smallest absolute Gasteiger partial charge is 0.303 e. The Morgan fingerprint density at radius 3 is 2.67 bits per heavy atom. The van der Waals surface area contributed by atoms with Crippen molar-refractivity contribution < 1.29 is 38.5 Å². The van der Waals surface area contributed by atoms with Gasteiger partial charge in [0, 0.05) is 31.4 Å². The number of para-hydroxylation sites is 1. The van der Waals surface area contributed by atoms with Crippen LogP contribution in [-0.2, 0) is 4.79 Å². The first kappa shape index (κ1) is 18.1. The van der Waals surface area contributed by atoms with Gasteiger partial charge in [0.15, 0.2) is 5.71 Å². The van der Waals surface area contributed by atoms with Crippen molar-refractivity contribution >= 4 is 17.4 Å². The Bertz CT molecular complexity index is 539. The van der Waals surface area contributed by atoms with Gasteiger partial charge in [-0.25, -0.2) is 0 Å². The molecule has 1 aliphatic heterocycles. The summed E-state index contributed by atoms with van der Waals surface area (Å²) in [5.41, 5.74) is 4.13. The molecule has 1 N–H and O–H groups in total. The fourth-order valence-electron chi connectivity index (χ4n) is 2.91. The van der Waals surface area contributed by atoms with Crippen molar-refractivity contribution in [2.24, 2.45) is 5.92 Å². The van der Waals surface area contributed by atoms with Crippen LogP contribution in [0.1, 0.15) is 51.5 Å². The summed E-state index contributed by atoms with van der Waals surface area (Å²) < 4.78 is 2.40. The molecule has 0 amide bonds. The number of hydrogen-bond donors (Lipinski definition) is 1. The molecule has 1 aromatic rings. The molecule has 4 heteroatoms. The van der Waals surface area contributed by atoms with Crippen LogP contribution < -0.4 is 24.0 Å². The van der Waals surface area contributed by atoms with Crippen LogP contribution in [0.5, 0.6) is 0 Å². The van der Waals surface area contributed by atoms with E-state index in [0.29, 0.717) is 11.8 Å². The summed E-state index contributed by atoms with van der Waals surface area (Å²) >= 11 is 0. The van der Waals surface area contributed by atoms with Gasteiger partial charge in [0.2, 0.25) is 5.69 Å². The number of carbonyl (C=O) groups is 1. The zero-order valence-corrected chi connectivity index (χ0v) is 15.1. The molecule has 0 spiro atoms. The number of carboxylic acids is 1. The summed E-state index contributed by atoms with van der Waals surface area (Å²) in [5.74, 6) is 0.238. The van der Waals surface area contributed by atoms with E-state index >= 15 is 0 Å². The predicted octanol–water partition coefficient (Wildman–Crippen LogP) is 0.804. The molecule has 1 aliphatic rings. The third kappa shape index (κ3) is 4.28. The molecule has 2 unspecified atom stereocenters. The highest BCUT2D eigenvalue weighted by Crippen LogP contribution is 2.34. The summed E-state index contributed by atoms with van der Waals surface area (Å²) in [6, 6.07) is 8.58. The third-order valence-electron chi connectivity index (χ3n) is 4.44. The van der Waals surface area contributed by atoms with Gasteiger partial charge in [-0.2, -0.15) is 4.58 Å². The lowest BCUT2D eigenvalue weighted by Gasteiger charge is -2.08. The van der Waals surface area contributed by atoms with Crippen LogP contribution in [0.3, 0.4) is 0 Å². The first-order chi connectivity index (χ1) is 9.50. The van der Waals surface area contributed by atoms with Crippen LogP contribution in [-0.4, -0.2) is 27.9 Å². The maximum absolute atomic E-state index is 10.6. The summed E-state index contributed by atoms with van der Waals surface area (Å²) in [5, 5.41) is 8.73. The van der Waals surface area contributed by atoms with Crippen molar-refractivity contribution in [1.29, 1.82) is 0 Å². The second-order valence-electron chi connectivity index (χ2n) is 5.90. The monoisotopic (exact) mass is 401 g/mol. The number of fused-ring (bicyclic) bond motifs is 1. The van der Waals surface area contributed by atoms with Crippen LogP contribution >= 0.6 is 0 Å². The Hall–Kier alpha value is -0.910. The maximum atomic E-state index is 10.6. The molecule has 21 heavy (non-hydrogen) atoms. The highest BCUT2D eigenvalue weighted by atomic mass is 127. The van der Waals surface area contributed by atoms with Gasteiger partial charge >= 0.3 is 5.97 Å². The van der Waals surface area contributed by atoms with Crippen molar-refractivity contribution in [2.75, 3.05) is 6.54 Å². The van der Waals surface area contributed by atoms with Gasteiger partial charge in [-0.15, -0.1) is 0 Å². The molecule has 0 saturated carbocycles. The van der Waals surface area contributed by atoms with Gasteiger partial charge in [0.25, 0.3) is 0 Å². The molecule has 0 saturated heterocycles. The number of rotatable bonds is 6. The van der Waals surface area contributed by atoms with E-state index in [1.54, 1.807) is 0 Å². The van der Waals surface area contributed by atoms with E-state index < -0.39 is 5.97 Å². The third-order valence-corrected chi connectivity index (χ3v) is 4.44. The number of nitrogens with zero attached hydrogens (tertiary/aromatic N) is 1. The lowest BCUT2D eigenvalue weighted by atomic mass is 9.99. The quantitative estimate of drug-likeness (QED) is 0.566. The van der Waals surface area contributed by atoms with Gasteiger partial charge < -0.3 is 29.1 Å². The van der Waals surface area contributed by atoms with E-state index in [1.807, 2.05) is 0 Å². The Labute approximate surface area is 144 Å². The van der Waals surface area contributed by atoms with Crippen molar-refractivity contribution in [3.05, 3.63) is 29.8 Å². The number of benzene rings is 1. The van der Waals surface area contributed by atoms with Crippen molar-refractivity contribution in [2.45, 2.75) is 46.0 Å². The van der Waals surface area contributed by atoms with E-state index in [4.69, 9.17) is 5.11 Å². The van der Waals surface area contributed by atoms with Gasteiger partial charge in [-0.05, 0) is 19.3 Å². The fraction of sp³-hybridized carbons (Fsp3) is 0.529. The molecule has 1 heterocycles. The highest BCUT2D eigenvalue weighted by Gasteiger charge is 2.32. The average molecular weight is 401 g/mol. The molecule has 2 rings (SSSR count). The second-order valence-corrected chi connectivity index (χ2v) is 5.90. The maximum Gasteiger partial charge on any atom is 0.303 e. The largest absolute Gasteiger partial charge is 1.00 e. The van der Waals surface area contributed by atoms with E-state index in [0.717, 1.165) is 19.4 Å². The molecule has 2 atom stereocenters. The molecule has 0 aromatic heterocycles. The van der Waals surface area contributed by atoms with Crippen LogP contribution in [0.15, 0.2) is 24.3 Å². The molecule has 0 radical (unpaired) electrons. The van der Waals surface area contributed by atoms with Gasteiger partial charge in [0.05, 0.1) is 5.92 Å². The average Bonchev–Trinajstić information content (AvgIpc) is 2.67. The van der Waals surface area contributed by atoms with Crippen LogP contribution in [0.4, 0.5) is 5.69 Å². The molecule has 116 valence electrons. The van der Waals surface area contributed by atoms with Gasteiger partial charge in [-0.3, -0.25) is 4.79 Å². The van der Waals surface area contributed by atoms with Gasteiger partial charge in [-0.1, -0.05) is 25.1 Å². The zero-order valence-electron chi connectivity index (χ0n) is 13.0. The van der Waals surface area contributed by atoms with E-state index in [2.05, 4.69) is 49.6 Å². The summed E-state index contributed by atoms with van der Waals surface area (Å²) in [6.45, 7) is 7.58. The van der Waals surface area contributed by atoms with E-state index in [1.165, 1.54) is 17.0 Å². The second kappa shape index (κ2) is 7.92. The van der Waals surface area contributed by atoms with Crippen molar-refractivity contribution in [1.82, 2.24) is 0 Å². The lowest BCUT2D eigenvalue weighted by molar-refractivity contribution is -0.440. The molecule has 0 aliphatic carbocycles. The van der Waals surface area contributed by atoms with Crippen molar-refractivity contribution in [3.8, 4) is 0 Å². The minimum Gasteiger partial charge on any atom is -1.00 e. The Morgan fingerprint density at radius 1 is 1.33 bits per heavy atom. The molecule has 1 aromatic carbocycles. The summed E-state index contributed by atoms with van der Waals surface area (Å²) in [4.78, 5) is 10.6. The van der Waals surface area contributed by atoms with Crippen LogP contribution in [0, 0.1) is 5.92 Å². The van der Waals surface area contributed by atoms with Crippen LogP contribution in [0.2, 0.25) is 0 Å². The normalized spacial score (nSPS) is 18.1. The zero-order chi connectivity index (χ0) is 14.7. The molecule has 0 fully saturated rings. The topological polar surface area (TPSA) is 40.3 Å². The minimum atomic E-state index is -0.695. The SMILES string of the molecule is CC1=[N+](CCC(C)CCC(=O)O)c2ccccc2C1C.[I-]. The highest BCUT2D eigenvalue weighted by molar-refractivity contribution is 5.89. The Morgan fingerprint density at radius 2 is 2.00 bits per heavy atom. The fourth-order valence-corrected chi connectivity index (χ4v) is 2.91. The molecule has 3 nitrogen and oxygen atoms in total. The molecule has 0 bridgehead atoms. The lowest BCUT2D eigenvalue weighted by Crippen LogP contribution is -3.00. The minimum absolute atomic E-state index is 0. The predicted molar refractivity (Wildman–Crippen MR) is 81.0 cm³/mol. The van der Waals surface area contributed by atoms with E-state index in [9.17, 15) is 4.79 Å². The Balaban J connectivity index is 0.00000220. The number of aliphatic carboxylic acids is 1. The number of carboxylic acid groups (broad SMARTS) is 1. The summed E-state index contributed by atoms with van der Waals surface area (Å²) in [7, 11) is 0. The Kier molecular flexibility index (Phi) is 6.84. The van der Waals surface area contributed by atoms with E-state index in [-0.39, 0.29) is 30.4 Å². The van der Waals surface area contributed by atoms with Gasteiger partial charge in [0.1, 0.15) is 6.54 Å². The molecular weight excluding hydrogens is 377 g/mol. The van der Waals surface area contributed by atoms with Crippen LogP contribution in [0.25, 0.3) is 0 Å². The first-order valence-corrected chi connectivity index (χ1v) is 7.42. The summed E-state index contributed by atoms with van der Waals surface area (Å²) in [6.07, 6.45) is 2.07. The first-order valence-electron chi connectivity index (χ1n) is 7.42. The van der Waals surface area contributed by atoms with Crippen molar-refractivity contribution in [3.63, 3.8) is 0 Å². The standard InChI is InChI=1S/C17H23NO2.HI/c1-12(8-9-17(19)20)10-11-18-14(3)13(2)15-6-4-5-7-16(15)18;/h4-7,12-13H,8-11H2,1-3H3;1H. The number of hydrogen-bond acceptors (Lipinski definition) is 1. The molecular formula is C17H24INO2. The number of halogens is 1.